The third kappa shape index (κ3) is 3.85. The van der Waals surface area contributed by atoms with Gasteiger partial charge in [0.05, 0.1) is 17.3 Å². The van der Waals surface area contributed by atoms with Crippen LogP contribution in [0.2, 0.25) is 0 Å². The number of aryl methyl sites for hydroxylation is 1. The van der Waals surface area contributed by atoms with E-state index in [2.05, 4.69) is 64.0 Å². The number of nitrogens with one attached hydrogen (secondary N) is 1. The number of hydrogen-bond donors (Lipinski definition) is 2. The van der Waals surface area contributed by atoms with Crippen LogP contribution in [0.15, 0.2) is 67.0 Å². The Hall–Kier alpha value is -3.97. The van der Waals surface area contributed by atoms with E-state index in [1.165, 1.54) is 16.8 Å². The van der Waals surface area contributed by atoms with Crippen LogP contribution < -0.4 is 0 Å². The molecule has 0 spiro atoms. The Morgan fingerprint density at radius 3 is 2.61 bits per heavy atom. The molecule has 0 saturated carbocycles. The van der Waals surface area contributed by atoms with E-state index in [0.29, 0.717) is 11.5 Å². The van der Waals surface area contributed by atoms with Crippen molar-refractivity contribution in [3.05, 3.63) is 83.8 Å². The van der Waals surface area contributed by atoms with Crippen LogP contribution in [0.3, 0.4) is 0 Å². The Kier molecular flexibility index (Phi) is 5.57. The van der Waals surface area contributed by atoms with Crippen LogP contribution in [0.4, 0.5) is 0 Å². The summed E-state index contributed by atoms with van der Waals surface area (Å²) in [5.41, 5.74) is 7.22. The summed E-state index contributed by atoms with van der Waals surface area (Å²) in [5.74, 6) is -0.408. The van der Waals surface area contributed by atoms with Crippen molar-refractivity contribution in [3.63, 3.8) is 0 Å². The average Bonchev–Trinajstić information content (AvgIpc) is 3.52. The summed E-state index contributed by atoms with van der Waals surface area (Å²) in [6, 6.07) is 18.5. The molecule has 0 radical (unpaired) electrons. The number of hydrogen-bond acceptors (Lipinski definition) is 4. The predicted octanol–water partition coefficient (Wildman–Crippen LogP) is 5.76. The monoisotopic (exact) mass is 479 g/mol. The van der Waals surface area contributed by atoms with Crippen LogP contribution in [0.5, 0.6) is 0 Å². The van der Waals surface area contributed by atoms with Crippen molar-refractivity contribution in [3.8, 4) is 11.1 Å². The van der Waals surface area contributed by atoms with E-state index in [1.807, 2.05) is 24.5 Å². The second-order valence-electron chi connectivity index (χ2n) is 9.81. The molecule has 2 N–H and O–H groups in total. The highest BCUT2D eigenvalue weighted by Gasteiger charge is 2.27. The molecule has 36 heavy (non-hydrogen) atoms. The summed E-state index contributed by atoms with van der Waals surface area (Å²) in [4.78, 5) is 18.4. The molecule has 0 bridgehead atoms. The summed E-state index contributed by atoms with van der Waals surface area (Å²) < 4.78 is 2.23. The minimum atomic E-state index is -0.875. The summed E-state index contributed by atoms with van der Waals surface area (Å²) in [5, 5.41) is 18.6. The molecule has 7 nitrogen and oxygen atoms in total. The first kappa shape index (κ1) is 22.5. The van der Waals surface area contributed by atoms with Gasteiger partial charge in [-0.2, -0.15) is 5.10 Å². The van der Waals surface area contributed by atoms with Gasteiger partial charge in [0.25, 0.3) is 0 Å². The molecule has 6 rings (SSSR count). The number of pyridine rings is 1. The van der Waals surface area contributed by atoms with Crippen molar-refractivity contribution in [2.75, 3.05) is 13.1 Å². The van der Waals surface area contributed by atoms with Crippen molar-refractivity contribution in [1.82, 2.24) is 24.6 Å². The molecule has 182 valence electrons. The molecule has 1 fully saturated rings. The second kappa shape index (κ2) is 8.91. The van der Waals surface area contributed by atoms with Crippen LogP contribution in [-0.2, 0) is 7.05 Å². The van der Waals surface area contributed by atoms with Gasteiger partial charge in [0, 0.05) is 35.8 Å². The zero-order valence-corrected chi connectivity index (χ0v) is 20.5. The summed E-state index contributed by atoms with van der Waals surface area (Å²) in [6.45, 7) is 4.30. The topological polar surface area (TPSA) is 87.0 Å². The fourth-order valence-electron chi connectivity index (χ4n) is 5.71. The highest BCUT2D eigenvalue weighted by molar-refractivity contribution is 5.96. The molecular weight excluding hydrogens is 450 g/mol. The number of H-pyrrole nitrogens is 1. The van der Waals surface area contributed by atoms with Crippen LogP contribution in [0.25, 0.3) is 33.1 Å². The van der Waals surface area contributed by atoms with Gasteiger partial charge in [0.1, 0.15) is 5.65 Å². The van der Waals surface area contributed by atoms with E-state index in [1.54, 1.807) is 12.1 Å². The van der Waals surface area contributed by atoms with E-state index >= 15 is 0 Å². The molecule has 5 aromatic rings. The first-order chi connectivity index (χ1) is 17.5. The Labute approximate surface area is 209 Å². The number of piperidine rings is 1. The van der Waals surface area contributed by atoms with Crippen LogP contribution in [0, 0.1) is 0 Å². The van der Waals surface area contributed by atoms with Crippen LogP contribution >= 0.6 is 0 Å². The molecule has 7 heteroatoms. The van der Waals surface area contributed by atoms with E-state index in [-0.39, 0.29) is 6.04 Å². The second-order valence-corrected chi connectivity index (χ2v) is 9.81. The number of rotatable bonds is 5. The molecule has 3 aromatic heterocycles. The van der Waals surface area contributed by atoms with Crippen LogP contribution in [0.1, 0.15) is 53.3 Å². The van der Waals surface area contributed by atoms with Gasteiger partial charge in [0.15, 0.2) is 0 Å². The zero-order valence-electron chi connectivity index (χ0n) is 20.5. The lowest BCUT2D eigenvalue weighted by atomic mass is 9.88. The summed E-state index contributed by atoms with van der Waals surface area (Å²) in [6.07, 6.45) is 5.89. The number of carbonyl (C=O) groups is 1. The molecule has 0 aliphatic carbocycles. The van der Waals surface area contributed by atoms with Crippen molar-refractivity contribution in [2.45, 2.75) is 31.7 Å². The quantitative estimate of drug-likeness (QED) is 0.335. The highest BCUT2D eigenvalue weighted by atomic mass is 16.4. The van der Waals surface area contributed by atoms with Gasteiger partial charge in [0.2, 0.25) is 0 Å². The van der Waals surface area contributed by atoms with Gasteiger partial charge in [-0.05, 0) is 91.9 Å². The lowest BCUT2D eigenvalue weighted by molar-refractivity contribution is 0.0697. The largest absolute Gasteiger partial charge is 0.478 e. The number of aromatic nitrogens is 4. The first-order valence-electron chi connectivity index (χ1n) is 12.4. The smallest absolute Gasteiger partial charge is 0.335 e. The Morgan fingerprint density at radius 2 is 1.86 bits per heavy atom. The fourth-order valence-corrected chi connectivity index (χ4v) is 5.71. The number of fused-ring (bicyclic) bond motifs is 2. The maximum absolute atomic E-state index is 11.2. The number of aromatic carboxylic acids is 1. The average molecular weight is 480 g/mol. The van der Waals surface area contributed by atoms with Gasteiger partial charge in [-0.1, -0.05) is 18.2 Å². The van der Waals surface area contributed by atoms with Crippen LogP contribution in [-0.4, -0.2) is 48.8 Å². The number of aromatic amines is 1. The van der Waals surface area contributed by atoms with E-state index in [4.69, 9.17) is 10.1 Å². The fraction of sp³-hybridized carbons (Fsp3) is 0.276. The highest BCUT2D eigenvalue weighted by Crippen LogP contribution is 2.36. The van der Waals surface area contributed by atoms with E-state index < -0.39 is 5.97 Å². The Morgan fingerprint density at radius 1 is 1.08 bits per heavy atom. The maximum Gasteiger partial charge on any atom is 0.335 e. The molecule has 1 aliphatic rings. The number of carboxylic acids is 1. The van der Waals surface area contributed by atoms with Crippen molar-refractivity contribution in [2.24, 2.45) is 7.05 Å². The third-order valence-electron chi connectivity index (χ3n) is 7.85. The molecule has 1 atom stereocenters. The number of benzene rings is 2. The third-order valence-corrected chi connectivity index (χ3v) is 7.85. The van der Waals surface area contributed by atoms with Crippen molar-refractivity contribution in [1.29, 1.82) is 0 Å². The van der Waals surface area contributed by atoms with Gasteiger partial charge in [-0.25, -0.2) is 9.78 Å². The predicted molar refractivity (Wildman–Crippen MR) is 141 cm³/mol. The number of likely N-dealkylation sites (tertiary alicyclic amines) is 1. The molecule has 0 amide bonds. The zero-order chi connectivity index (χ0) is 24.8. The van der Waals surface area contributed by atoms with Crippen molar-refractivity contribution >= 4 is 27.9 Å². The molecule has 1 saturated heterocycles. The van der Waals surface area contributed by atoms with E-state index in [9.17, 15) is 4.79 Å². The van der Waals surface area contributed by atoms with E-state index in [0.717, 1.165) is 53.4 Å². The standard InChI is InChI=1S/C29H29N5O2/c1-18(34-13-10-20(11-14-34)19-3-5-21(6-4-19)29(35)36)27-16-25-24(9-12-30-28(25)33(27)2)22-7-8-26-23(15-22)17-31-32-26/h3-9,12,15-18,20H,10-11,13-14H2,1-2H3,(H,31,32)(H,35,36)/t18-/m0/s1. The molecular formula is C29H29N5O2. The SMILES string of the molecule is C[C@@H](c1cc2c(-c3ccc4[nH]ncc4c3)ccnc2n1C)N1CCC(c2ccc(C(=O)O)cc2)CC1. The number of nitrogens with zero attached hydrogens (tertiary/aromatic N) is 4. The van der Waals surface area contributed by atoms with Gasteiger partial charge in [-0.3, -0.25) is 10.00 Å². The summed E-state index contributed by atoms with van der Waals surface area (Å²) >= 11 is 0. The molecule has 4 heterocycles. The first-order valence-corrected chi connectivity index (χ1v) is 12.4. The lowest BCUT2D eigenvalue weighted by Gasteiger charge is -2.36. The minimum absolute atomic E-state index is 0.267. The summed E-state index contributed by atoms with van der Waals surface area (Å²) in [7, 11) is 2.11. The molecule has 1 aliphatic heterocycles. The lowest BCUT2D eigenvalue weighted by Crippen LogP contribution is -2.35. The van der Waals surface area contributed by atoms with Gasteiger partial charge >= 0.3 is 5.97 Å². The Bertz CT molecular complexity index is 1560. The Balaban J connectivity index is 1.24. The molecule has 2 aromatic carbocycles. The maximum atomic E-state index is 11.2. The number of carboxylic acid groups (broad SMARTS) is 1. The minimum Gasteiger partial charge on any atom is -0.478 e. The van der Waals surface area contributed by atoms with Crippen molar-refractivity contribution < 1.29 is 9.90 Å². The molecule has 0 unspecified atom stereocenters. The normalized spacial score (nSPS) is 16.1. The van der Waals surface area contributed by atoms with Gasteiger partial charge < -0.3 is 9.67 Å². The van der Waals surface area contributed by atoms with Gasteiger partial charge in [-0.15, -0.1) is 0 Å².